The van der Waals surface area contributed by atoms with Crippen molar-refractivity contribution in [2.24, 2.45) is 0 Å². The minimum Gasteiger partial charge on any atom is -0.497 e. The molecule has 25 heavy (non-hydrogen) atoms. The summed E-state index contributed by atoms with van der Waals surface area (Å²) in [4.78, 5) is 13.4. The van der Waals surface area contributed by atoms with Gasteiger partial charge in [0.1, 0.15) is 17.2 Å². The first-order valence-electron chi connectivity index (χ1n) is 8.82. The molecule has 2 aliphatic rings. The Kier molecular flexibility index (Phi) is 4.44. The quantitative estimate of drug-likeness (QED) is 0.855. The third-order valence-electron chi connectivity index (χ3n) is 5.10. The number of morpholine rings is 1. The average molecular weight is 340 g/mol. The molecule has 0 saturated carbocycles. The van der Waals surface area contributed by atoms with Gasteiger partial charge in [0.15, 0.2) is 0 Å². The lowest BCUT2D eigenvalue weighted by atomic mass is 9.90. The number of aromatic nitrogens is 2. The number of anilines is 2. The lowest BCUT2D eigenvalue weighted by molar-refractivity contribution is -0.0630. The summed E-state index contributed by atoms with van der Waals surface area (Å²) < 4.78 is 11.6. The van der Waals surface area contributed by atoms with Crippen molar-refractivity contribution in [1.29, 1.82) is 0 Å². The average Bonchev–Trinajstić information content (AvgIpc) is 2.69. The van der Waals surface area contributed by atoms with Crippen molar-refractivity contribution in [3.05, 3.63) is 42.9 Å². The second-order valence-electron chi connectivity index (χ2n) is 6.74. The van der Waals surface area contributed by atoms with Gasteiger partial charge in [-0.15, -0.1) is 0 Å². The molecule has 1 unspecified atom stereocenters. The Morgan fingerprint density at radius 2 is 1.92 bits per heavy atom. The summed E-state index contributed by atoms with van der Waals surface area (Å²) in [5, 5.41) is 0. The lowest BCUT2D eigenvalue weighted by Crippen LogP contribution is -2.60. The molecule has 1 aromatic heterocycles. The molecule has 0 amide bonds. The van der Waals surface area contributed by atoms with Crippen molar-refractivity contribution < 1.29 is 9.47 Å². The Morgan fingerprint density at radius 3 is 2.68 bits per heavy atom. The Bertz CT molecular complexity index is 690. The van der Waals surface area contributed by atoms with Crippen LogP contribution in [0, 0.1) is 0 Å². The number of ether oxygens (including phenoxy) is 2. The highest BCUT2D eigenvalue weighted by molar-refractivity contribution is 5.50. The first kappa shape index (κ1) is 16.1. The van der Waals surface area contributed by atoms with Crippen molar-refractivity contribution in [3.63, 3.8) is 0 Å². The van der Waals surface area contributed by atoms with Crippen LogP contribution in [0.1, 0.15) is 12.8 Å². The van der Waals surface area contributed by atoms with Gasteiger partial charge in [0.05, 0.1) is 26.5 Å². The fourth-order valence-electron chi connectivity index (χ4n) is 3.85. The summed E-state index contributed by atoms with van der Waals surface area (Å²) in [6.45, 7) is 4.41. The summed E-state index contributed by atoms with van der Waals surface area (Å²) >= 11 is 0. The number of nitrogens with zero attached hydrogens (tertiary/aromatic N) is 4. The van der Waals surface area contributed by atoms with Crippen molar-refractivity contribution in [2.45, 2.75) is 18.4 Å². The molecule has 6 heteroatoms. The molecule has 1 atom stereocenters. The van der Waals surface area contributed by atoms with Crippen molar-refractivity contribution in [3.8, 4) is 5.75 Å². The van der Waals surface area contributed by atoms with Crippen LogP contribution in [0.2, 0.25) is 0 Å². The first-order valence-corrected chi connectivity index (χ1v) is 8.82. The van der Waals surface area contributed by atoms with Gasteiger partial charge in [-0.25, -0.2) is 4.98 Å². The van der Waals surface area contributed by atoms with Crippen LogP contribution in [0.3, 0.4) is 0 Å². The van der Waals surface area contributed by atoms with E-state index in [1.165, 1.54) is 5.69 Å². The molecule has 3 heterocycles. The molecule has 0 radical (unpaired) electrons. The number of methoxy groups -OCH3 is 1. The van der Waals surface area contributed by atoms with Crippen LogP contribution in [0.5, 0.6) is 5.75 Å². The summed E-state index contributed by atoms with van der Waals surface area (Å²) in [7, 11) is 1.70. The molecule has 2 aliphatic heterocycles. The van der Waals surface area contributed by atoms with E-state index in [2.05, 4.69) is 31.9 Å². The van der Waals surface area contributed by atoms with E-state index in [1.807, 2.05) is 18.3 Å². The Morgan fingerprint density at radius 1 is 1.08 bits per heavy atom. The van der Waals surface area contributed by atoms with E-state index < -0.39 is 0 Å². The molecule has 0 aliphatic carbocycles. The van der Waals surface area contributed by atoms with Crippen LogP contribution in [0.4, 0.5) is 11.5 Å². The molecule has 2 fully saturated rings. The number of hydrogen-bond donors (Lipinski definition) is 0. The van der Waals surface area contributed by atoms with Gasteiger partial charge in [-0.05, 0) is 37.1 Å². The number of hydrogen-bond acceptors (Lipinski definition) is 6. The zero-order valence-electron chi connectivity index (χ0n) is 14.6. The first-order chi connectivity index (χ1) is 12.3. The maximum absolute atomic E-state index is 6.30. The molecule has 1 spiro atoms. The van der Waals surface area contributed by atoms with Crippen molar-refractivity contribution in [1.82, 2.24) is 9.97 Å². The van der Waals surface area contributed by atoms with Crippen LogP contribution >= 0.6 is 0 Å². The summed E-state index contributed by atoms with van der Waals surface area (Å²) in [6, 6.07) is 8.29. The lowest BCUT2D eigenvalue weighted by Gasteiger charge is -2.48. The van der Waals surface area contributed by atoms with E-state index in [1.54, 1.807) is 19.5 Å². The monoisotopic (exact) mass is 340 g/mol. The fourth-order valence-corrected chi connectivity index (χ4v) is 3.85. The van der Waals surface area contributed by atoms with E-state index in [0.29, 0.717) is 0 Å². The van der Waals surface area contributed by atoms with E-state index in [9.17, 15) is 0 Å². The van der Waals surface area contributed by atoms with Gasteiger partial charge in [-0.1, -0.05) is 0 Å². The van der Waals surface area contributed by atoms with Crippen LogP contribution in [-0.4, -0.2) is 55.5 Å². The summed E-state index contributed by atoms with van der Waals surface area (Å²) in [6.07, 6.45) is 7.51. The van der Waals surface area contributed by atoms with Gasteiger partial charge < -0.3 is 19.3 Å². The predicted octanol–water partition coefficient (Wildman–Crippen LogP) is 2.36. The Balaban J connectivity index is 1.50. The van der Waals surface area contributed by atoms with Gasteiger partial charge in [-0.2, -0.15) is 0 Å². The van der Waals surface area contributed by atoms with Gasteiger partial charge in [0.2, 0.25) is 0 Å². The molecule has 0 N–H and O–H groups in total. The zero-order valence-corrected chi connectivity index (χ0v) is 14.6. The molecule has 2 aromatic rings. The predicted molar refractivity (Wildman–Crippen MR) is 97.4 cm³/mol. The number of piperidine rings is 1. The number of rotatable bonds is 3. The second-order valence-corrected chi connectivity index (χ2v) is 6.74. The van der Waals surface area contributed by atoms with E-state index in [4.69, 9.17) is 9.47 Å². The standard InChI is InChI=1S/C19H24N4O2/c1-24-17-5-3-16(4-6-17)22-10-2-7-19(14-22)15-23(11-12-25-19)18-13-20-8-9-21-18/h3-6,8-9,13H,2,7,10-12,14-15H2,1H3. The van der Waals surface area contributed by atoms with Gasteiger partial charge in [-0.3, -0.25) is 4.98 Å². The van der Waals surface area contributed by atoms with Crippen LogP contribution in [0.25, 0.3) is 0 Å². The highest BCUT2D eigenvalue weighted by Gasteiger charge is 2.41. The fraction of sp³-hybridized carbons (Fsp3) is 0.474. The maximum Gasteiger partial charge on any atom is 0.147 e. The Hall–Kier alpha value is -2.34. The SMILES string of the molecule is COc1ccc(N2CCCC3(C2)CN(c2cnccn2)CCO3)cc1. The molecular weight excluding hydrogens is 316 g/mol. The van der Waals surface area contributed by atoms with Gasteiger partial charge >= 0.3 is 0 Å². The van der Waals surface area contributed by atoms with E-state index in [0.717, 1.165) is 57.2 Å². The normalized spacial score (nSPS) is 23.7. The summed E-state index contributed by atoms with van der Waals surface area (Å²) in [5.74, 6) is 1.82. The van der Waals surface area contributed by atoms with Crippen molar-refractivity contribution >= 4 is 11.5 Å². The highest BCUT2D eigenvalue weighted by Crippen LogP contribution is 2.33. The number of benzene rings is 1. The van der Waals surface area contributed by atoms with Gasteiger partial charge in [0, 0.05) is 37.7 Å². The smallest absolute Gasteiger partial charge is 0.147 e. The molecule has 6 nitrogen and oxygen atoms in total. The molecular formula is C19H24N4O2. The molecule has 132 valence electrons. The highest BCUT2D eigenvalue weighted by atomic mass is 16.5. The van der Waals surface area contributed by atoms with E-state index >= 15 is 0 Å². The van der Waals surface area contributed by atoms with Crippen LogP contribution in [0.15, 0.2) is 42.9 Å². The third-order valence-corrected chi connectivity index (χ3v) is 5.10. The minimum atomic E-state index is -0.145. The van der Waals surface area contributed by atoms with Gasteiger partial charge in [0.25, 0.3) is 0 Å². The second kappa shape index (κ2) is 6.88. The third kappa shape index (κ3) is 3.39. The Labute approximate surface area is 148 Å². The zero-order chi connectivity index (χ0) is 17.1. The topological polar surface area (TPSA) is 50.7 Å². The van der Waals surface area contributed by atoms with Crippen molar-refractivity contribution in [2.75, 3.05) is 49.7 Å². The molecule has 4 rings (SSSR count). The largest absolute Gasteiger partial charge is 0.497 e. The molecule has 2 saturated heterocycles. The summed E-state index contributed by atoms with van der Waals surface area (Å²) in [5.41, 5.74) is 1.08. The maximum atomic E-state index is 6.30. The van der Waals surface area contributed by atoms with Crippen LogP contribution in [-0.2, 0) is 4.74 Å². The van der Waals surface area contributed by atoms with E-state index in [-0.39, 0.29) is 5.60 Å². The molecule has 1 aromatic carbocycles. The minimum absolute atomic E-state index is 0.145. The molecule has 0 bridgehead atoms. The van der Waals surface area contributed by atoms with Crippen LogP contribution < -0.4 is 14.5 Å².